The van der Waals surface area contributed by atoms with Crippen LogP contribution in [-0.4, -0.2) is 33.6 Å². The second kappa shape index (κ2) is 6.57. The number of methoxy groups -OCH3 is 2. The van der Waals surface area contributed by atoms with E-state index in [1.807, 2.05) is 6.07 Å². The molecule has 1 saturated heterocycles. The summed E-state index contributed by atoms with van der Waals surface area (Å²) in [6, 6.07) is 3.63. The summed E-state index contributed by atoms with van der Waals surface area (Å²) in [5, 5.41) is 3.36. The van der Waals surface area contributed by atoms with Crippen molar-refractivity contribution in [3.8, 4) is 11.5 Å². The average molecular weight is 263 g/mol. The van der Waals surface area contributed by atoms with Crippen LogP contribution in [0.1, 0.15) is 28.8 Å². The molecule has 1 N–H and O–H groups in total. The summed E-state index contributed by atoms with van der Waals surface area (Å²) < 4.78 is 10.8. The van der Waals surface area contributed by atoms with E-state index >= 15 is 0 Å². The first-order valence-corrected chi connectivity index (χ1v) is 6.69. The standard InChI is InChI=1S/C15H21NO3/c1-18-14-9-12(10-17)8-13(15(14)19-2)7-11-3-5-16-6-4-11/h8-11,16H,3-7H2,1-2H3. The Hall–Kier alpha value is -1.55. The SMILES string of the molecule is COc1cc(C=O)cc(CC2CCNCC2)c1OC. The van der Waals surface area contributed by atoms with Gasteiger partial charge in [-0.05, 0) is 56.0 Å². The molecule has 0 saturated carbocycles. The van der Waals surface area contributed by atoms with Gasteiger partial charge >= 0.3 is 0 Å². The van der Waals surface area contributed by atoms with Crippen molar-refractivity contribution >= 4 is 6.29 Å². The number of ether oxygens (including phenoxy) is 2. The van der Waals surface area contributed by atoms with Gasteiger partial charge in [0.15, 0.2) is 11.5 Å². The van der Waals surface area contributed by atoms with Crippen LogP contribution in [0.3, 0.4) is 0 Å². The van der Waals surface area contributed by atoms with Gasteiger partial charge < -0.3 is 14.8 Å². The summed E-state index contributed by atoms with van der Waals surface area (Å²) >= 11 is 0. The zero-order valence-electron chi connectivity index (χ0n) is 11.6. The Labute approximate surface area is 114 Å². The molecular formula is C15H21NO3. The quantitative estimate of drug-likeness (QED) is 0.826. The Morgan fingerprint density at radius 2 is 2.00 bits per heavy atom. The van der Waals surface area contributed by atoms with E-state index in [0.717, 1.165) is 50.0 Å². The van der Waals surface area contributed by atoms with Crippen LogP contribution >= 0.6 is 0 Å². The molecule has 4 nitrogen and oxygen atoms in total. The van der Waals surface area contributed by atoms with E-state index < -0.39 is 0 Å². The highest BCUT2D eigenvalue weighted by atomic mass is 16.5. The minimum atomic E-state index is 0.635. The van der Waals surface area contributed by atoms with Gasteiger partial charge in [0.1, 0.15) is 6.29 Å². The molecule has 104 valence electrons. The lowest BCUT2D eigenvalue weighted by Gasteiger charge is -2.24. The summed E-state index contributed by atoms with van der Waals surface area (Å²) in [4.78, 5) is 11.0. The fourth-order valence-corrected chi connectivity index (χ4v) is 2.68. The molecule has 1 heterocycles. The van der Waals surface area contributed by atoms with Gasteiger partial charge in [-0.1, -0.05) is 0 Å². The summed E-state index contributed by atoms with van der Waals surface area (Å²) in [7, 11) is 3.24. The first-order chi connectivity index (χ1) is 9.28. The largest absolute Gasteiger partial charge is 0.493 e. The third-order valence-electron chi connectivity index (χ3n) is 3.68. The Bertz CT molecular complexity index is 439. The maximum Gasteiger partial charge on any atom is 0.163 e. The van der Waals surface area contributed by atoms with Crippen molar-refractivity contribution in [1.82, 2.24) is 5.32 Å². The second-order valence-corrected chi connectivity index (χ2v) is 4.93. The van der Waals surface area contributed by atoms with Gasteiger partial charge in [-0.15, -0.1) is 0 Å². The highest BCUT2D eigenvalue weighted by Crippen LogP contribution is 2.34. The van der Waals surface area contributed by atoms with Gasteiger partial charge in [0, 0.05) is 5.56 Å². The van der Waals surface area contributed by atoms with Gasteiger partial charge in [0.2, 0.25) is 0 Å². The predicted molar refractivity (Wildman–Crippen MR) is 74.2 cm³/mol. The van der Waals surface area contributed by atoms with E-state index in [1.165, 1.54) is 0 Å². The van der Waals surface area contributed by atoms with Gasteiger partial charge in [-0.2, -0.15) is 0 Å². The van der Waals surface area contributed by atoms with E-state index in [1.54, 1.807) is 20.3 Å². The van der Waals surface area contributed by atoms with Crippen molar-refractivity contribution in [2.45, 2.75) is 19.3 Å². The van der Waals surface area contributed by atoms with Crippen molar-refractivity contribution in [2.24, 2.45) is 5.92 Å². The number of benzene rings is 1. The van der Waals surface area contributed by atoms with Crippen LogP contribution in [0.15, 0.2) is 12.1 Å². The predicted octanol–water partition coefficient (Wildman–Crippen LogP) is 2.06. The van der Waals surface area contributed by atoms with Crippen LogP contribution in [0.2, 0.25) is 0 Å². The molecule has 0 atom stereocenters. The van der Waals surface area contributed by atoms with Crippen molar-refractivity contribution in [3.05, 3.63) is 23.3 Å². The zero-order chi connectivity index (χ0) is 13.7. The van der Waals surface area contributed by atoms with Crippen molar-refractivity contribution in [1.29, 1.82) is 0 Å². The molecule has 0 radical (unpaired) electrons. The number of nitrogens with one attached hydrogen (secondary N) is 1. The summed E-state index contributed by atoms with van der Waals surface area (Å²) in [5.41, 5.74) is 1.71. The Morgan fingerprint density at radius 1 is 1.26 bits per heavy atom. The molecule has 1 aromatic rings. The third-order valence-corrected chi connectivity index (χ3v) is 3.68. The number of piperidine rings is 1. The lowest BCUT2D eigenvalue weighted by molar-refractivity contribution is 0.112. The van der Waals surface area contributed by atoms with Crippen LogP contribution in [-0.2, 0) is 6.42 Å². The smallest absolute Gasteiger partial charge is 0.163 e. The van der Waals surface area contributed by atoms with Crippen molar-refractivity contribution in [3.63, 3.8) is 0 Å². The number of hydrogen-bond donors (Lipinski definition) is 1. The van der Waals surface area contributed by atoms with Crippen molar-refractivity contribution < 1.29 is 14.3 Å². The lowest BCUT2D eigenvalue weighted by atomic mass is 9.90. The molecule has 2 rings (SSSR count). The molecular weight excluding hydrogens is 242 g/mol. The van der Waals surface area contributed by atoms with E-state index in [4.69, 9.17) is 9.47 Å². The first kappa shape index (κ1) is 13.9. The van der Waals surface area contributed by atoms with E-state index in [-0.39, 0.29) is 0 Å². The average Bonchev–Trinajstić information content (AvgIpc) is 2.47. The molecule has 0 spiro atoms. The highest BCUT2D eigenvalue weighted by Gasteiger charge is 2.18. The molecule has 4 heteroatoms. The van der Waals surface area contributed by atoms with E-state index in [0.29, 0.717) is 17.2 Å². The molecule has 1 aliphatic heterocycles. The fourth-order valence-electron chi connectivity index (χ4n) is 2.68. The van der Waals surface area contributed by atoms with E-state index in [9.17, 15) is 4.79 Å². The van der Waals surface area contributed by atoms with Crippen molar-refractivity contribution in [2.75, 3.05) is 27.3 Å². The minimum Gasteiger partial charge on any atom is -0.493 e. The monoisotopic (exact) mass is 263 g/mol. The minimum absolute atomic E-state index is 0.635. The lowest BCUT2D eigenvalue weighted by Crippen LogP contribution is -2.28. The Balaban J connectivity index is 2.27. The molecule has 19 heavy (non-hydrogen) atoms. The zero-order valence-corrected chi connectivity index (χ0v) is 11.6. The van der Waals surface area contributed by atoms with Gasteiger partial charge in [-0.3, -0.25) is 4.79 Å². The van der Waals surface area contributed by atoms with Crippen LogP contribution in [0, 0.1) is 5.92 Å². The van der Waals surface area contributed by atoms with Gasteiger partial charge in [0.25, 0.3) is 0 Å². The molecule has 0 bridgehead atoms. The topological polar surface area (TPSA) is 47.6 Å². The molecule has 1 fully saturated rings. The second-order valence-electron chi connectivity index (χ2n) is 4.93. The number of aldehydes is 1. The number of carbonyl (C=O) groups excluding carboxylic acids is 1. The van der Waals surface area contributed by atoms with E-state index in [2.05, 4.69) is 5.32 Å². The van der Waals surface area contributed by atoms with Crippen LogP contribution in [0.4, 0.5) is 0 Å². The third kappa shape index (κ3) is 3.26. The molecule has 0 aliphatic carbocycles. The molecule has 1 aliphatic rings. The molecule has 0 amide bonds. The fraction of sp³-hybridized carbons (Fsp3) is 0.533. The van der Waals surface area contributed by atoms with Crippen LogP contribution < -0.4 is 14.8 Å². The van der Waals surface area contributed by atoms with Gasteiger partial charge in [0.05, 0.1) is 14.2 Å². The summed E-state index contributed by atoms with van der Waals surface area (Å²) in [6.45, 7) is 2.13. The van der Waals surface area contributed by atoms with Crippen LogP contribution in [0.25, 0.3) is 0 Å². The Kier molecular flexibility index (Phi) is 4.80. The Morgan fingerprint density at radius 3 is 2.58 bits per heavy atom. The summed E-state index contributed by atoms with van der Waals surface area (Å²) in [5.74, 6) is 2.03. The summed E-state index contributed by atoms with van der Waals surface area (Å²) in [6.07, 6.45) is 4.12. The van der Waals surface area contributed by atoms with Gasteiger partial charge in [-0.25, -0.2) is 0 Å². The maximum absolute atomic E-state index is 11.0. The molecule has 0 unspecified atom stereocenters. The first-order valence-electron chi connectivity index (χ1n) is 6.69. The normalized spacial score (nSPS) is 16.1. The number of carbonyl (C=O) groups is 1. The highest BCUT2D eigenvalue weighted by molar-refractivity contribution is 5.77. The van der Waals surface area contributed by atoms with Crippen LogP contribution in [0.5, 0.6) is 11.5 Å². The number of rotatable bonds is 5. The molecule has 0 aromatic heterocycles. The number of hydrogen-bond acceptors (Lipinski definition) is 4. The maximum atomic E-state index is 11.0. The molecule has 1 aromatic carbocycles.